The maximum Gasteiger partial charge on any atom is 0.253 e. The van der Waals surface area contributed by atoms with Gasteiger partial charge in [-0.3, -0.25) is 14.5 Å². The van der Waals surface area contributed by atoms with Gasteiger partial charge in [-0.25, -0.2) is 0 Å². The number of ether oxygens (including phenoxy) is 2. The highest BCUT2D eigenvalue weighted by molar-refractivity contribution is 6.74. The Morgan fingerprint density at radius 1 is 0.913 bits per heavy atom. The van der Waals surface area contributed by atoms with E-state index in [1.807, 2.05) is 0 Å². The summed E-state index contributed by atoms with van der Waals surface area (Å²) in [6.07, 6.45) is 2.54. The van der Waals surface area contributed by atoms with Crippen molar-refractivity contribution in [1.82, 2.24) is 4.90 Å². The Balaban J connectivity index is 1.98. The van der Waals surface area contributed by atoms with Crippen molar-refractivity contribution in [2.24, 2.45) is 0 Å². The molecule has 1 heterocycles. The molecule has 0 aromatic rings. The first kappa shape index (κ1) is 20.0. The molecule has 7 heteroatoms. The first-order chi connectivity index (χ1) is 10.6. The highest BCUT2D eigenvalue weighted by Crippen LogP contribution is 2.36. The molecule has 1 rings (SSSR count). The van der Waals surface area contributed by atoms with Gasteiger partial charge < -0.3 is 13.9 Å². The molecule has 0 radical (unpaired) electrons. The Kier molecular flexibility index (Phi) is 7.59. The van der Waals surface area contributed by atoms with Gasteiger partial charge in [0.15, 0.2) is 8.32 Å². The molecular formula is C16H29NO5Si. The van der Waals surface area contributed by atoms with Gasteiger partial charge in [0.05, 0.1) is 39.6 Å². The second-order valence-electron chi connectivity index (χ2n) is 6.99. The van der Waals surface area contributed by atoms with Gasteiger partial charge in [0.2, 0.25) is 0 Å². The smallest absolute Gasteiger partial charge is 0.253 e. The molecule has 0 aromatic heterocycles. The fourth-order valence-corrected chi connectivity index (χ4v) is 2.73. The van der Waals surface area contributed by atoms with E-state index in [-0.39, 0.29) is 23.4 Å². The number of hydrogen-bond donors (Lipinski definition) is 0. The van der Waals surface area contributed by atoms with Crippen LogP contribution < -0.4 is 0 Å². The second-order valence-corrected chi connectivity index (χ2v) is 11.8. The summed E-state index contributed by atoms with van der Waals surface area (Å²) in [6.45, 7) is 13.7. The summed E-state index contributed by atoms with van der Waals surface area (Å²) in [5, 5.41) is 0.204. The van der Waals surface area contributed by atoms with Crippen LogP contribution in [0.3, 0.4) is 0 Å². The van der Waals surface area contributed by atoms with Crippen molar-refractivity contribution >= 4 is 20.1 Å². The van der Waals surface area contributed by atoms with E-state index >= 15 is 0 Å². The zero-order valence-electron chi connectivity index (χ0n) is 14.9. The zero-order chi connectivity index (χ0) is 17.5. The van der Waals surface area contributed by atoms with Gasteiger partial charge in [-0.05, 0) is 18.1 Å². The summed E-state index contributed by atoms with van der Waals surface area (Å²) >= 11 is 0. The van der Waals surface area contributed by atoms with Crippen molar-refractivity contribution < 1.29 is 23.5 Å². The second kappa shape index (κ2) is 8.72. The molecule has 0 unspecified atom stereocenters. The van der Waals surface area contributed by atoms with Crippen molar-refractivity contribution in [1.29, 1.82) is 0 Å². The molecule has 2 amide bonds. The molecule has 1 aliphatic rings. The first-order valence-electron chi connectivity index (χ1n) is 7.98. The van der Waals surface area contributed by atoms with Gasteiger partial charge in [-0.15, -0.1) is 0 Å². The third kappa shape index (κ3) is 6.54. The number of nitrogens with zero attached hydrogens (tertiary/aromatic N) is 1. The molecular weight excluding hydrogens is 314 g/mol. The van der Waals surface area contributed by atoms with Crippen LogP contribution in [0.1, 0.15) is 20.8 Å². The van der Waals surface area contributed by atoms with Gasteiger partial charge in [0, 0.05) is 12.2 Å². The van der Waals surface area contributed by atoms with E-state index in [4.69, 9.17) is 13.9 Å². The molecule has 0 N–H and O–H groups in total. The van der Waals surface area contributed by atoms with E-state index in [0.29, 0.717) is 33.0 Å². The van der Waals surface area contributed by atoms with Gasteiger partial charge in [-0.1, -0.05) is 20.8 Å². The fourth-order valence-electron chi connectivity index (χ4n) is 1.70. The van der Waals surface area contributed by atoms with Gasteiger partial charge in [-0.2, -0.15) is 0 Å². The minimum absolute atomic E-state index is 0.204. The van der Waals surface area contributed by atoms with Crippen LogP contribution in [0.2, 0.25) is 18.1 Å². The number of hydrogen-bond acceptors (Lipinski definition) is 5. The molecule has 0 saturated heterocycles. The Bertz CT molecular complexity index is 424. The van der Waals surface area contributed by atoms with Crippen molar-refractivity contribution in [3.63, 3.8) is 0 Å². The molecule has 23 heavy (non-hydrogen) atoms. The SMILES string of the molecule is CC(C)(C)[Si](C)(C)OCCOCCOCCN1C(=O)C=CC1=O. The number of carbonyl (C=O) groups is 2. The lowest BCUT2D eigenvalue weighted by molar-refractivity contribution is -0.137. The number of carbonyl (C=O) groups excluding carboxylic acids is 2. The van der Waals surface area contributed by atoms with Crippen LogP contribution in [0.4, 0.5) is 0 Å². The first-order valence-corrected chi connectivity index (χ1v) is 10.9. The summed E-state index contributed by atoms with van der Waals surface area (Å²) in [6, 6.07) is 0. The largest absolute Gasteiger partial charge is 0.414 e. The van der Waals surface area contributed by atoms with Crippen LogP contribution >= 0.6 is 0 Å². The summed E-state index contributed by atoms with van der Waals surface area (Å²) in [4.78, 5) is 23.8. The predicted molar refractivity (Wildman–Crippen MR) is 90.6 cm³/mol. The molecule has 0 aromatic carbocycles. The number of amides is 2. The van der Waals surface area contributed by atoms with Crippen LogP contribution in [-0.4, -0.2) is 64.6 Å². The molecule has 0 bridgehead atoms. The Hall–Kier alpha value is -1.02. The lowest BCUT2D eigenvalue weighted by Crippen LogP contribution is -2.41. The van der Waals surface area contributed by atoms with Crippen LogP contribution in [-0.2, 0) is 23.5 Å². The quantitative estimate of drug-likeness (QED) is 0.345. The number of imide groups is 1. The fraction of sp³-hybridized carbons (Fsp3) is 0.750. The van der Waals surface area contributed by atoms with Crippen LogP contribution in [0.5, 0.6) is 0 Å². The van der Waals surface area contributed by atoms with E-state index in [2.05, 4.69) is 33.9 Å². The van der Waals surface area contributed by atoms with E-state index in [0.717, 1.165) is 4.90 Å². The van der Waals surface area contributed by atoms with Crippen LogP contribution in [0.25, 0.3) is 0 Å². The normalized spacial score (nSPS) is 15.8. The highest BCUT2D eigenvalue weighted by Gasteiger charge is 2.36. The topological polar surface area (TPSA) is 65.1 Å². The van der Waals surface area contributed by atoms with Gasteiger partial charge in [0.25, 0.3) is 11.8 Å². The number of rotatable bonds is 10. The molecule has 0 fully saturated rings. The Labute approximate surface area is 139 Å². The molecule has 1 aliphatic heterocycles. The lowest BCUT2D eigenvalue weighted by Gasteiger charge is -2.36. The monoisotopic (exact) mass is 343 g/mol. The van der Waals surface area contributed by atoms with Crippen molar-refractivity contribution in [2.45, 2.75) is 38.9 Å². The van der Waals surface area contributed by atoms with E-state index < -0.39 is 8.32 Å². The molecule has 0 aliphatic carbocycles. The zero-order valence-corrected chi connectivity index (χ0v) is 15.9. The Morgan fingerprint density at radius 2 is 1.39 bits per heavy atom. The third-order valence-corrected chi connectivity index (χ3v) is 8.77. The molecule has 0 saturated carbocycles. The standard InChI is InChI=1S/C16H29NO5Si/c1-16(2,3)23(4,5)22-13-12-21-11-10-20-9-8-17-14(18)6-7-15(17)19/h6-7H,8-13H2,1-5H3. The minimum Gasteiger partial charge on any atom is -0.414 e. The minimum atomic E-state index is -1.70. The van der Waals surface area contributed by atoms with Crippen LogP contribution in [0, 0.1) is 0 Å². The predicted octanol–water partition coefficient (Wildman–Crippen LogP) is 1.97. The van der Waals surface area contributed by atoms with E-state index in [1.54, 1.807) is 0 Å². The summed E-state index contributed by atoms with van der Waals surface area (Å²) in [5.74, 6) is -0.560. The Morgan fingerprint density at radius 3 is 1.91 bits per heavy atom. The van der Waals surface area contributed by atoms with Crippen molar-refractivity contribution in [3.05, 3.63) is 12.2 Å². The maximum absolute atomic E-state index is 11.3. The average molecular weight is 343 g/mol. The van der Waals surface area contributed by atoms with Gasteiger partial charge >= 0.3 is 0 Å². The van der Waals surface area contributed by atoms with Crippen molar-refractivity contribution in [2.75, 3.05) is 39.6 Å². The van der Waals surface area contributed by atoms with E-state index in [9.17, 15) is 9.59 Å². The van der Waals surface area contributed by atoms with Gasteiger partial charge in [0.1, 0.15) is 0 Å². The molecule has 132 valence electrons. The summed E-state index contributed by atoms with van der Waals surface area (Å²) < 4.78 is 16.8. The lowest BCUT2D eigenvalue weighted by atomic mass is 10.2. The average Bonchev–Trinajstić information content (AvgIpc) is 2.75. The molecule has 0 atom stereocenters. The van der Waals surface area contributed by atoms with Crippen LogP contribution in [0.15, 0.2) is 12.2 Å². The summed E-state index contributed by atoms with van der Waals surface area (Å²) in [7, 11) is -1.70. The summed E-state index contributed by atoms with van der Waals surface area (Å²) in [5.41, 5.74) is 0. The highest BCUT2D eigenvalue weighted by atomic mass is 28.4. The third-order valence-electron chi connectivity index (χ3n) is 4.23. The molecule has 6 nitrogen and oxygen atoms in total. The maximum atomic E-state index is 11.3. The van der Waals surface area contributed by atoms with Crippen molar-refractivity contribution in [3.8, 4) is 0 Å². The van der Waals surface area contributed by atoms with E-state index in [1.165, 1.54) is 12.2 Å². The molecule has 0 spiro atoms.